The molecule has 14 heavy (non-hydrogen) atoms. The number of hydrogen-bond donors (Lipinski definition) is 1. The number of rotatable bonds is 6. The molecule has 1 N–H and O–H groups in total. The second-order valence-corrected chi connectivity index (χ2v) is 7.50. The second-order valence-electron chi connectivity index (χ2n) is 4.65. The highest BCUT2D eigenvalue weighted by molar-refractivity contribution is 6.52. The highest BCUT2D eigenvalue weighted by atomic mass is 28.3. The summed E-state index contributed by atoms with van der Waals surface area (Å²) in [5.41, 5.74) is 0. The van der Waals surface area contributed by atoms with Crippen LogP contribution in [0.1, 0.15) is 39.0 Å². The van der Waals surface area contributed by atoms with Gasteiger partial charge in [-0.05, 0) is 6.42 Å². The van der Waals surface area contributed by atoms with Gasteiger partial charge in [0.15, 0.2) is 0 Å². The zero-order valence-corrected chi connectivity index (χ0v) is 11.2. The van der Waals surface area contributed by atoms with Crippen molar-refractivity contribution in [2.75, 3.05) is 13.1 Å². The van der Waals surface area contributed by atoms with E-state index in [1.807, 2.05) is 0 Å². The summed E-state index contributed by atoms with van der Waals surface area (Å²) in [5.74, 6) is 0. The quantitative estimate of drug-likeness (QED) is 0.538. The predicted octanol–water partition coefficient (Wildman–Crippen LogP) is 2.17. The molecule has 84 valence electrons. The number of nitrogens with one attached hydrogen (secondary N) is 1. The summed E-state index contributed by atoms with van der Waals surface area (Å²) in [6.07, 6.45) is 7.67. The fourth-order valence-electron chi connectivity index (χ4n) is 2.28. The zero-order chi connectivity index (χ0) is 10.4. The van der Waals surface area contributed by atoms with E-state index < -0.39 is 8.96 Å². The number of nitrogens with zero attached hydrogens (tertiary/aromatic N) is 1. The van der Waals surface area contributed by atoms with Gasteiger partial charge >= 0.3 is 0 Å². The van der Waals surface area contributed by atoms with E-state index in [9.17, 15) is 0 Å². The van der Waals surface area contributed by atoms with Crippen LogP contribution >= 0.6 is 0 Å². The molecule has 0 saturated carbocycles. The van der Waals surface area contributed by atoms with Gasteiger partial charge in [-0.1, -0.05) is 45.7 Å². The van der Waals surface area contributed by atoms with Crippen LogP contribution in [0, 0.1) is 0 Å². The van der Waals surface area contributed by atoms with Gasteiger partial charge in [-0.2, -0.15) is 0 Å². The molecule has 0 aromatic rings. The van der Waals surface area contributed by atoms with Gasteiger partial charge in [0.05, 0.1) is 6.17 Å². The summed E-state index contributed by atoms with van der Waals surface area (Å²) < 4.78 is 2.73. The molecule has 1 heterocycles. The maximum atomic E-state index is 3.63. The van der Waals surface area contributed by atoms with Crippen LogP contribution in [-0.4, -0.2) is 32.8 Å². The molecule has 0 aromatic heterocycles. The van der Waals surface area contributed by atoms with E-state index in [1.165, 1.54) is 45.2 Å². The Labute approximate surface area is 90.8 Å². The van der Waals surface area contributed by atoms with Crippen LogP contribution in [0.25, 0.3) is 0 Å². The van der Waals surface area contributed by atoms with Crippen molar-refractivity contribution in [1.82, 2.24) is 9.88 Å². The van der Waals surface area contributed by atoms with Gasteiger partial charge < -0.3 is 9.88 Å². The summed E-state index contributed by atoms with van der Waals surface area (Å²) >= 11 is 0. The molecule has 1 fully saturated rings. The second kappa shape index (κ2) is 6.59. The van der Waals surface area contributed by atoms with Crippen LogP contribution in [0.2, 0.25) is 13.1 Å². The monoisotopic (exact) mass is 214 g/mol. The van der Waals surface area contributed by atoms with Gasteiger partial charge in [-0.15, -0.1) is 0 Å². The van der Waals surface area contributed by atoms with Gasteiger partial charge in [-0.25, -0.2) is 0 Å². The molecular weight excluding hydrogens is 188 g/mol. The molecule has 0 radical (unpaired) electrons. The third-order valence-corrected chi connectivity index (χ3v) is 5.09. The maximum Gasteiger partial charge on any atom is 0.107 e. The fourth-order valence-corrected chi connectivity index (χ4v) is 3.90. The number of hydrogen-bond acceptors (Lipinski definition) is 2. The van der Waals surface area contributed by atoms with Crippen molar-refractivity contribution in [3.8, 4) is 0 Å². The van der Waals surface area contributed by atoms with Gasteiger partial charge in [0.25, 0.3) is 0 Å². The largest absolute Gasteiger partial charge is 0.311 e. The molecule has 2 nitrogen and oxygen atoms in total. The third kappa shape index (κ3) is 3.71. The molecule has 0 aliphatic carbocycles. The standard InChI is InChI=1S/C11H26N2Si/c1-4-5-6-7-8-11-12-9-10-13(11)14(2)3/h11-12,14H,4-10H2,1-3H3. The normalized spacial score (nSPS) is 23.6. The lowest BCUT2D eigenvalue weighted by Gasteiger charge is -2.27. The number of unbranched alkanes of at least 4 members (excludes halogenated alkanes) is 3. The summed E-state index contributed by atoms with van der Waals surface area (Å²) in [4.78, 5) is 0. The molecular formula is C11H26N2Si. The molecule has 1 unspecified atom stereocenters. The first-order chi connectivity index (χ1) is 6.75. The molecule has 0 bridgehead atoms. The summed E-state index contributed by atoms with van der Waals surface area (Å²) in [5, 5.41) is 3.63. The smallest absolute Gasteiger partial charge is 0.107 e. The lowest BCUT2D eigenvalue weighted by atomic mass is 10.1. The average Bonchev–Trinajstić information content (AvgIpc) is 2.60. The van der Waals surface area contributed by atoms with Crippen molar-refractivity contribution in [3.63, 3.8) is 0 Å². The Morgan fingerprint density at radius 2 is 2.07 bits per heavy atom. The lowest BCUT2D eigenvalue weighted by molar-refractivity contribution is 0.346. The average molecular weight is 214 g/mol. The highest BCUT2D eigenvalue weighted by Gasteiger charge is 2.25. The SMILES string of the molecule is CCCCCCC1NCCN1[SiH](C)C. The van der Waals surface area contributed by atoms with Crippen LogP contribution in [-0.2, 0) is 0 Å². The maximum absolute atomic E-state index is 3.63. The van der Waals surface area contributed by atoms with Gasteiger partial charge in [0, 0.05) is 13.1 Å². The Hall–Kier alpha value is 0.137. The molecule has 0 aromatic carbocycles. The molecule has 1 saturated heterocycles. The zero-order valence-electron chi connectivity index (χ0n) is 10.1. The Morgan fingerprint density at radius 3 is 2.71 bits per heavy atom. The highest BCUT2D eigenvalue weighted by Crippen LogP contribution is 2.13. The Morgan fingerprint density at radius 1 is 1.29 bits per heavy atom. The van der Waals surface area contributed by atoms with Crippen LogP contribution in [0.4, 0.5) is 0 Å². The van der Waals surface area contributed by atoms with Crippen molar-refractivity contribution < 1.29 is 0 Å². The fraction of sp³-hybridized carbons (Fsp3) is 1.00. The van der Waals surface area contributed by atoms with E-state index in [2.05, 4.69) is 29.9 Å². The molecule has 0 amide bonds. The van der Waals surface area contributed by atoms with Crippen LogP contribution in [0.3, 0.4) is 0 Å². The molecule has 3 heteroatoms. The van der Waals surface area contributed by atoms with E-state index in [1.54, 1.807) is 0 Å². The summed E-state index contributed by atoms with van der Waals surface area (Å²) in [6.45, 7) is 9.66. The van der Waals surface area contributed by atoms with Crippen LogP contribution in [0.15, 0.2) is 0 Å². The molecule has 1 atom stereocenters. The first kappa shape index (κ1) is 12.2. The Bertz CT molecular complexity index is 150. The predicted molar refractivity (Wildman–Crippen MR) is 66.1 cm³/mol. The van der Waals surface area contributed by atoms with E-state index in [-0.39, 0.29) is 0 Å². The molecule has 1 rings (SSSR count). The van der Waals surface area contributed by atoms with Crippen molar-refractivity contribution >= 4 is 8.96 Å². The van der Waals surface area contributed by atoms with Crippen LogP contribution < -0.4 is 5.32 Å². The first-order valence-corrected chi connectivity index (χ1v) is 9.07. The minimum atomic E-state index is -0.569. The minimum Gasteiger partial charge on any atom is -0.311 e. The van der Waals surface area contributed by atoms with Crippen LogP contribution in [0.5, 0.6) is 0 Å². The van der Waals surface area contributed by atoms with E-state index in [0.717, 1.165) is 6.17 Å². The topological polar surface area (TPSA) is 15.3 Å². The van der Waals surface area contributed by atoms with Crippen molar-refractivity contribution in [3.05, 3.63) is 0 Å². The van der Waals surface area contributed by atoms with Gasteiger partial charge in [0.2, 0.25) is 0 Å². The summed E-state index contributed by atoms with van der Waals surface area (Å²) in [6, 6.07) is 0. The van der Waals surface area contributed by atoms with E-state index in [4.69, 9.17) is 0 Å². The molecule has 0 spiro atoms. The molecule has 1 aliphatic rings. The lowest BCUT2D eigenvalue weighted by Crippen LogP contribution is -2.42. The van der Waals surface area contributed by atoms with Crippen molar-refractivity contribution in [1.29, 1.82) is 0 Å². The Kier molecular flexibility index (Phi) is 5.75. The molecule has 1 aliphatic heterocycles. The first-order valence-electron chi connectivity index (χ1n) is 6.24. The van der Waals surface area contributed by atoms with Crippen molar-refractivity contribution in [2.45, 2.75) is 58.3 Å². The van der Waals surface area contributed by atoms with E-state index >= 15 is 0 Å². The third-order valence-electron chi connectivity index (χ3n) is 3.14. The van der Waals surface area contributed by atoms with Crippen molar-refractivity contribution in [2.24, 2.45) is 0 Å². The van der Waals surface area contributed by atoms with Gasteiger partial charge in [-0.3, -0.25) is 0 Å². The Balaban J connectivity index is 2.16. The summed E-state index contributed by atoms with van der Waals surface area (Å²) in [7, 11) is -0.569. The minimum absolute atomic E-state index is 0.569. The van der Waals surface area contributed by atoms with Gasteiger partial charge in [0.1, 0.15) is 8.96 Å². The van der Waals surface area contributed by atoms with E-state index in [0.29, 0.717) is 0 Å².